The lowest BCUT2D eigenvalue weighted by Gasteiger charge is -2.27. The smallest absolute Gasteiger partial charge is 0.243 e. The Morgan fingerprint density at radius 3 is 1.93 bits per heavy atom. The highest BCUT2D eigenvalue weighted by molar-refractivity contribution is 5.95. The highest BCUT2D eigenvalue weighted by Crippen LogP contribution is 2.13. The summed E-state index contributed by atoms with van der Waals surface area (Å²) in [7, 11) is 0. The lowest BCUT2D eigenvalue weighted by molar-refractivity contribution is -0.134. The molecule has 3 rings (SSSR count). The molecular weight excluding hydrogens is 564 g/mol. The summed E-state index contributed by atoms with van der Waals surface area (Å²) in [5, 5.41) is 26.5. The monoisotopic (exact) mass is 608 g/mol. The largest absolute Gasteiger partial charge is 0.508 e. The molecule has 44 heavy (non-hydrogen) atoms. The van der Waals surface area contributed by atoms with Gasteiger partial charge in [0.2, 0.25) is 29.5 Å². The molecule has 0 spiro atoms. The van der Waals surface area contributed by atoms with Gasteiger partial charge in [-0.05, 0) is 55.5 Å². The fourth-order valence-electron chi connectivity index (χ4n) is 4.76. The summed E-state index contributed by atoms with van der Waals surface area (Å²) in [6.07, 6.45) is 1.09. The average Bonchev–Trinajstić information content (AvgIpc) is 2.99. The minimum absolute atomic E-state index is 0.00659. The van der Waals surface area contributed by atoms with E-state index in [0.29, 0.717) is 25.1 Å². The first kappa shape index (κ1) is 34.0. The Bertz CT molecular complexity index is 1270. The van der Waals surface area contributed by atoms with Crippen LogP contribution in [-0.2, 0) is 36.8 Å². The van der Waals surface area contributed by atoms with E-state index >= 15 is 0 Å². The van der Waals surface area contributed by atoms with E-state index in [1.807, 2.05) is 44.2 Å². The number of benzene rings is 2. The van der Waals surface area contributed by atoms with Crippen molar-refractivity contribution < 1.29 is 29.1 Å². The third kappa shape index (κ3) is 11.3. The van der Waals surface area contributed by atoms with Gasteiger partial charge in [-0.15, -0.1) is 0 Å². The Balaban J connectivity index is 1.90. The number of rotatable bonds is 6. The third-order valence-electron chi connectivity index (χ3n) is 7.21. The van der Waals surface area contributed by atoms with E-state index in [2.05, 4.69) is 31.9 Å². The zero-order valence-corrected chi connectivity index (χ0v) is 25.5. The van der Waals surface area contributed by atoms with Crippen molar-refractivity contribution in [2.45, 2.75) is 70.6 Å². The molecule has 1 fully saturated rings. The van der Waals surface area contributed by atoms with Crippen LogP contribution in [0.25, 0.3) is 0 Å². The molecule has 0 aliphatic carbocycles. The summed E-state index contributed by atoms with van der Waals surface area (Å²) in [4.78, 5) is 66.0. The molecule has 4 atom stereocenters. The zero-order valence-electron chi connectivity index (χ0n) is 25.5. The van der Waals surface area contributed by atoms with Crippen LogP contribution >= 0.6 is 0 Å². The van der Waals surface area contributed by atoms with Crippen LogP contribution in [0.3, 0.4) is 0 Å². The van der Waals surface area contributed by atoms with E-state index in [9.17, 15) is 29.1 Å². The average molecular weight is 609 g/mol. The van der Waals surface area contributed by atoms with Crippen molar-refractivity contribution >= 4 is 29.5 Å². The van der Waals surface area contributed by atoms with Gasteiger partial charge in [-0.1, -0.05) is 56.3 Å². The van der Waals surface area contributed by atoms with Crippen LogP contribution in [-0.4, -0.2) is 78.4 Å². The summed E-state index contributed by atoms with van der Waals surface area (Å²) < 4.78 is 0. The van der Waals surface area contributed by atoms with Gasteiger partial charge in [0.05, 0.1) is 12.6 Å². The first-order chi connectivity index (χ1) is 21.0. The molecule has 2 aromatic rings. The first-order valence-electron chi connectivity index (χ1n) is 15.0. The van der Waals surface area contributed by atoms with Gasteiger partial charge >= 0.3 is 0 Å². The Labute approximate surface area is 258 Å². The molecule has 0 aromatic heterocycles. The van der Waals surface area contributed by atoms with Gasteiger partial charge in [-0.25, -0.2) is 0 Å². The number of nitrogens with one attached hydrogen (secondary N) is 6. The molecule has 12 heteroatoms. The third-order valence-corrected chi connectivity index (χ3v) is 7.21. The molecule has 0 radical (unpaired) electrons. The number of hydrogen-bond acceptors (Lipinski definition) is 7. The summed E-state index contributed by atoms with van der Waals surface area (Å²) in [6, 6.07) is 11.8. The van der Waals surface area contributed by atoms with Gasteiger partial charge in [0, 0.05) is 19.4 Å². The standard InChI is InChI=1S/C32H44N6O6/c1-20(2)16-25-31(43)38-26(18-23-10-12-24(39)13-11-23)30(42)35-19-28(40)34-15-7-14-33-21(3)29(41)36-27(32(44)37-25)17-22-8-5-4-6-9-22/h4-6,8-13,20-21,25-27,33,39H,7,14-19H2,1-3H3,(H,34,40)(H,35,42)(H,36,41)(H,37,44)(H,38,43)/t21-,25?,26?,27?/m0/s1. The Hall–Kier alpha value is -4.45. The molecule has 7 N–H and O–H groups in total. The molecule has 2 aromatic carbocycles. The predicted molar refractivity (Wildman–Crippen MR) is 165 cm³/mol. The van der Waals surface area contributed by atoms with Crippen LogP contribution in [0.2, 0.25) is 0 Å². The predicted octanol–water partition coefficient (Wildman–Crippen LogP) is 0.292. The SMILES string of the molecule is CC(C)CC1NC(=O)C(Cc2ccccc2)NC(=O)[C@H](C)NCCCNC(=O)CNC(=O)C(Cc2ccc(O)cc2)NC1=O. The van der Waals surface area contributed by atoms with E-state index in [-0.39, 0.29) is 43.4 Å². The molecule has 238 valence electrons. The van der Waals surface area contributed by atoms with Gasteiger partial charge < -0.3 is 37.0 Å². The molecule has 0 bridgehead atoms. The number of phenolic OH excluding ortho intramolecular Hbond substituents is 1. The second-order valence-electron chi connectivity index (χ2n) is 11.5. The van der Waals surface area contributed by atoms with Gasteiger partial charge in [-0.2, -0.15) is 0 Å². The van der Waals surface area contributed by atoms with Crippen LogP contribution in [0.5, 0.6) is 5.75 Å². The number of carbonyl (C=O) groups excluding carboxylic acids is 5. The number of carbonyl (C=O) groups is 5. The molecule has 1 aliphatic heterocycles. The lowest BCUT2D eigenvalue weighted by atomic mass is 9.99. The topological polar surface area (TPSA) is 178 Å². The van der Waals surface area contributed by atoms with E-state index in [0.717, 1.165) is 5.56 Å². The second-order valence-corrected chi connectivity index (χ2v) is 11.5. The van der Waals surface area contributed by atoms with Crippen LogP contribution < -0.4 is 31.9 Å². The fourth-order valence-corrected chi connectivity index (χ4v) is 4.76. The normalized spacial score (nSPS) is 23.2. The highest BCUT2D eigenvalue weighted by Gasteiger charge is 2.31. The summed E-state index contributed by atoms with van der Waals surface area (Å²) >= 11 is 0. The van der Waals surface area contributed by atoms with Crippen LogP contribution in [0.1, 0.15) is 44.7 Å². The fraction of sp³-hybridized carbons (Fsp3) is 0.469. The van der Waals surface area contributed by atoms with Gasteiger partial charge in [0.1, 0.15) is 23.9 Å². The summed E-state index contributed by atoms with van der Waals surface area (Å²) in [5.41, 5.74) is 1.50. The second kappa shape index (κ2) is 17.0. The lowest BCUT2D eigenvalue weighted by Crippen LogP contribution is -2.59. The van der Waals surface area contributed by atoms with E-state index in [1.165, 1.54) is 12.1 Å². The summed E-state index contributed by atoms with van der Waals surface area (Å²) in [5.74, 6) is -2.38. The molecular formula is C32H44N6O6. The van der Waals surface area contributed by atoms with Crippen LogP contribution in [0.4, 0.5) is 0 Å². The number of amides is 5. The first-order valence-corrected chi connectivity index (χ1v) is 15.0. The molecule has 1 aliphatic rings. The Morgan fingerprint density at radius 2 is 1.27 bits per heavy atom. The van der Waals surface area contributed by atoms with Crippen molar-refractivity contribution in [2.75, 3.05) is 19.6 Å². The van der Waals surface area contributed by atoms with Gasteiger partial charge in [-0.3, -0.25) is 24.0 Å². The number of hydrogen-bond donors (Lipinski definition) is 7. The minimum Gasteiger partial charge on any atom is -0.508 e. The Kier molecular flexibility index (Phi) is 13.2. The van der Waals surface area contributed by atoms with E-state index < -0.39 is 47.8 Å². The number of phenols is 1. The molecule has 3 unspecified atom stereocenters. The number of aromatic hydroxyl groups is 1. The van der Waals surface area contributed by atoms with Crippen molar-refractivity contribution in [1.29, 1.82) is 0 Å². The van der Waals surface area contributed by atoms with Crippen molar-refractivity contribution in [3.8, 4) is 5.75 Å². The molecule has 12 nitrogen and oxygen atoms in total. The molecule has 5 amide bonds. The van der Waals surface area contributed by atoms with Gasteiger partial charge in [0.25, 0.3) is 0 Å². The maximum Gasteiger partial charge on any atom is 0.243 e. The van der Waals surface area contributed by atoms with Crippen molar-refractivity contribution in [3.63, 3.8) is 0 Å². The molecule has 1 saturated heterocycles. The molecule has 1 heterocycles. The van der Waals surface area contributed by atoms with Crippen molar-refractivity contribution in [2.24, 2.45) is 5.92 Å². The maximum absolute atomic E-state index is 13.7. The van der Waals surface area contributed by atoms with Crippen molar-refractivity contribution in [1.82, 2.24) is 31.9 Å². The quantitative estimate of drug-likeness (QED) is 0.246. The Morgan fingerprint density at radius 1 is 0.705 bits per heavy atom. The van der Waals surface area contributed by atoms with Crippen molar-refractivity contribution in [3.05, 3.63) is 65.7 Å². The maximum atomic E-state index is 13.7. The minimum atomic E-state index is -1.07. The highest BCUT2D eigenvalue weighted by atomic mass is 16.3. The van der Waals surface area contributed by atoms with E-state index in [1.54, 1.807) is 19.1 Å². The van der Waals surface area contributed by atoms with E-state index in [4.69, 9.17) is 0 Å². The van der Waals surface area contributed by atoms with Crippen LogP contribution in [0.15, 0.2) is 54.6 Å². The van der Waals surface area contributed by atoms with Gasteiger partial charge in [0.15, 0.2) is 0 Å². The molecule has 0 saturated carbocycles. The zero-order chi connectivity index (χ0) is 32.1. The van der Waals surface area contributed by atoms with Crippen LogP contribution in [0, 0.1) is 5.92 Å². The summed E-state index contributed by atoms with van der Waals surface area (Å²) in [6.45, 7) is 5.96.